The molecule has 11 rings (SSSR count). The summed E-state index contributed by atoms with van der Waals surface area (Å²) in [5.74, 6) is 0.892. The van der Waals surface area contributed by atoms with E-state index in [4.69, 9.17) is 4.42 Å². The van der Waals surface area contributed by atoms with E-state index in [9.17, 15) is 0 Å². The number of hydrogen-bond donors (Lipinski definition) is 0. The predicted molar refractivity (Wildman–Crippen MR) is 225 cm³/mol. The molecular weight excluding hydrogens is 641 g/mol. The van der Waals surface area contributed by atoms with Crippen LogP contribution in [-0.4, -0.2) is 0 Å². The molecule has 0 atom stereocenters. The van der Waals surface area contributed by atoms with Gasteiger partial charge in [0.25, 0.3) is 0 Å². The number of benzene rings is 10. The fraction of sp³-hybridized carbons (Fsp3) is 0. The first-order valence-electron chi connectivity index (χ1n) is 18.3. The third kappa shape index (κ3) is 4.58. The Labute approximate surface area is 307 Å². The largest absolute Gasteiger partial charge is 0.455 e. The second-order valence-electron chi connectivity index (χ2n) is 13.9. The minimum Gasteiger partial charge on any atom is -0.455 e. The molecule has 0 aliphatic carbocycles. The lowest BCUT2D eigenvalue weighted by Gasteiger charge is -2.19. The summed E-state index contributed by atoms with van der Waals surface area (Å²) in [6, 6.07) is 70.4. The SMILES string of the molecule is c1ccc(-c2c3ccccc3c(-c3cccc4c(-c5c(-c6ccc7ccccc7c6)oc6ccc7ccccc7c56)cccc34)c3ccccc23)cc1. The van der Waals surface area contributed by atoms with Gasteiger partial charge in [0.2, 0.25) is 0 Å². The van der Waals surface area contributed by atoms with Gasteiger partial charge in [0.1, 0.15) is 11.3 Å². The van der Waals surface area contributed by atoms with Gasteiger partial charge in [-0.2, -0.15) is 0 Å². The van der Waals surface area contributed by atoms with Crippen molar-refractivity contribution in [1.29, 1.82) is 0 Å². The Morgan fingerprint density at radius 3 is 1.47 bits per heavy atom. The molecule has 1 heterocycles. The van der Waals surface area contributed by atoms with E-state index < -0.39 is 0 Å². The molecule has 11 aromatic rings. The van der Waals surface area contributed by atoms with Crippen LogP contribution < -0.4 is 0 Å². The highest BCUT2D eigenvalue weighted by atomic mass is 16.3. The quantitative estimate of drug-likeness (QED) is 0.170. The van der Waals surface area contributed by atoms with Gasteiger partial charge in [-0.05, 0) is 93.8 Å². The zero-order valence-corrected chi connectivity index (χ0v) is 28.9. The summed E-state index contributed by atoms with van der Waals surface area (Å²) in [6.45, 7) is 0. The Balaban J connectivity index is 1.24. The van der Waals surface area contributed by atoms with Gasteiger partial charge >= 0.3 is 0 Å². The Morgan fingerprint density at radius 2 is 0.792 bits per heavy atom. The number of furan rings is 1. The van der Waals surface area contributed by atoms with Crippen molar-refractivity contribution in [3.8, 4) is 44.7 Å². The van der Waals surface area contributed by atoms with Crippen LogP contribution in [-0.2, 0) is 0 Å². The van der Waals surface area contributed by atoms with Crippen molar-refractivity contribution in [3.05, 3.63) is 194 Å². The lowest BCUT2D eigenvalue weighted by Crippen LogP contribution is -1.92. The summed E-state index contributed by atoms with van der Waals surface area (Å²) in [7, 11) is 0. The summed E-state index contributed by atoms with van der Waals surface area (Å²) < 4.78 is 6.93. The first-order valence-corrected chi connectivity index (χ1v) is 18.3. The fourth-order valence-electron chi connectivity index (χ4n) is 8.74. The summed E-state index contributed by atoms with van der Waals surface area (Å²) in [4.78, 5) is 0. The molecule has 0 aliphatic rings. The first-order chi connectivity index (χ1) is 26.3. The van der Waals surface area contributed by atoms with E-state index in [1.165, 1.54) is 76.1 Å². The van der Waals surface area contributed by atoms with E-state index in [-0.39, 0.29) is 0 Å². The van der Waals surface area contributed by atoms with E-state index in [1.807, 2.05) is 0 Å². The van der Waals surface area contributed by atoms with Crippen molar-refractivity contribution in [2.45, 2.75) is 0 Å². The molecule has 0 N–H and O–H groups in total. The molecule has 10 aromatic carbocycles. The highest BCUT2D eigenvalue weighted by molar-refractivity contribution is 6.25. The van der Waals surface area contributed by atoms with E-state index in [0.717, 1.165) is 33.4 Å². The average Bonchev–Trinajstić information content (AvgIpc) is 3.63. The maximum Gasteiger partial charge on any atom is 0.143 e. The Kier molecular flexibility index (Phi) is 6.62. The normalized spacial score (nSPS) is 11.8. The van der Waals surface area contributed by atoms with Crippen molar-refractivity contribution in [2.24, 2.45) is 0 Å². The van der Waals surface area contributed by atoms with Crippen LogP contribution in [0, 0.1) is 0 Å². The highest BCUT2D eigenvalue weighted by Gasteiger charge is 2.23. The standard InChI is InChI=1S/C52H32O/c1-2-16-35(17-3-1)48-43-20-8-10-22-45(43)49(46-23-11-9-21-44(46)48)41-26-12-25-40-39(41)24-13-27-42(40)51-50-38-19-7-6-15-34(38)30-31-47(50)53-52(51)37-29-28-33-14-4-5-18-36(33)32-37/h1-32H. The highest BCUT2D eigenvalue weighted by Crippen LogP contribution is 2.49. The monoisotopic (exact) mass is 672 g/mol. The van der Waals surface area contributed by atoms with Gasteiger partial charge in [0.05, 0.1) is 0 Å². The summed E-state index contributed by atoms with van der Waals surface area (Å²) >= 11 is 0. The lowest BCUT2D eigenvalue weighted by atomic mass is 9.84. The van der Waals surface area contributed by atoms with Crippen LogP contribution in [0.5, 0.6) is 0 Å². The Morgan fingerprint density at radius 1 is 0.283 bits per heavy atom. The molecule has 246 valence electrons. The van der Waals surface area contributed by atoms with E-state index in [1.54, 1.807) is 0 Å². The average molecular weight is 673 g/mol. The molecule has 0 aliphatic heterocycles. The molecule has 0 saturated carbocycles. The smallest absolute Gasteiger partial charge is 0.143 e. The molecule has 0 unspecified atom stereocenters. The van der Waals surface area contributed by atoms with Crippen molar-refractivity contribution < 1.29 is 4.42 Å². The van der Waals surface area contributed by atoms with E-state index >= 15 is 0 Å². The van der Waals surface area contributed by atoms with Crippen molar-refractivity contribution in [2.75, 3.05) is 0 Å². The third-order valence-electron chi connectivity index (χ3n) is 11.0. The van der Waals surface area contributed by atoms with Crippen LogP contribution in [0.4, 0.5) is 0 Å². The third-order valence-corrected chi connectivity index (χ3v) is 11.0. The molecule has 0 saturated heterocycles. The van der Waals surface area contributed by atoms with E-state index in [0.29, 0.717) is 0 Å². The molecule has 1 nitrogen and oxygen atoms in total. The molecular formula is C52H32O. The maximum absolute atomic E-state index is 6.93. The van der Waals surface area contributed by atoms with Gasteiger partial charge in [-0.3, -0.25) is 0 Å². The minimum atomic E-state index is 0.892. The summed E-state index contributed by atoms with van der Waals surface area (Å²) in [5.41, 5.74) is 9.24. The second-order valence-corrected chi connectivity index (χ2v) is 13.9. The summed E-state index contributed by atoms with van der Waals surface area (Å²) in [5, 5.41) is 13.4. The topological polar surface area (TPSA) is 13.1 Å². The fourth-order valence-corrected chi connectivity index (χ4v) is 8.74. The van der Waals surface area contributed by atoms with Crippen LogP contribution >= 0.6 is 0 Å². The number of hydrogen-bond acceptors (Lipinski definition) is 1. The van der Waals surface area contributed by atoms with Gasteiger partial charge in [0.15, 0.2) is 0 Å². The van der Waals surface area contributed by atoms with Crippen LogP contribution in [0.1, 0.15) is 0 Å². The Bertz CT molecular complexity index is 3160. The van der Waals surface area contributed by atoms with Crippen molar-refractivity contribution in [1.82, 2.24) is 0 Å². The predicted octanol–water partition coefficient (Wildman–Crippen LogP) is 14.9. The van der Waals surface area contributed by atoms with Crippen LogP contribution in [0.15, 0.2) is 199 Å². The number of fused-ring (bicyclic) bond motifs is 7. The molecule has 1 aromatic heterocycles. The molecule has 0 fully saturated rings. The van der Waals surface area contributed by atoms with Crippen LogP contribution in [0.2, 0.25) is 0 Å². The second kappa shape index (κ2) is 11.8. The summed E-state index contributed by atoms with van der Waals surface area (Å²) in [6.07, 6.45) is 0. The van der Waals surface area contributed by atoms with Gasteiger partial charge in [-0.25, -0.2) is 0 Å². The minimum absolute atomic E-state index is 0.892. The van der Waals surface area contributed by atoms with Gasteiger partial charge in [0, 0.05) is 16.5 Å². The van der Waals surface area contributed by atoms with Gasteiger partial charge in [-0.15, -0.1) is 0 Å². The number of rotatable bonds is 4. The van der Waals surface area contributed by atoms with Crippen LogP contribution in [0.3, 0.4) is 0 Å². The van der Waals surface area contributed by atoms with Crippen molar-refractivity contribution in [3.63, 3.8) is 0 Å². The Hall–Kier alpha value is -6.96. The first kappa shape index (κ1) is 29.7. The van der Waals surface area contributed by atoms with Gasteiger partial charge < -0.3 is 4.42 Å². The lowest BCUT2D eigenvalue weighted by molar-refractivity contribution is 0.633. The zero-order chi connectivity index (χ0) is 34.9. The van der Waals surface area contributed by atoms with Gasteiger partial charge in [-0.1, -0.05) is 182 Å². The molecule has 0 radical (unpaired) electrons. The zero-order valence-electron chi connectivity index (χ0n) is 28.9. The van der Waals surface area contributed by atoms with Crippen molar-refractivity contribution >= 4 is 64.8 Å². The maximum atomic E-state index is 6.93. The van der Waals surface area contributed by atoms with E-state index in [2.05, 4.69) is 194 Å². The molecule has 1 heteroatoms. The molecule has 53 heavy (non-hydrogen) atoms. The molecule has 0 spiro atoms. The molecule has 0 bridgehead atoms. The molecule has 0 amide bonds. The van der Waals surface area contributed by atoms with Crippen LogP contribution in [0.25, 0.3) is 110 Å².